The Morgan fingerprint density at radius 3 is 0.895 bits per heavy atom. The van der Waals surface area contributed by atoms with Gasteiger partial charge in [-0.1, -0.05) is 241 Å². The summed E-state index contributed by atoms with van der Waals surface area (Å²) in [4.78, 5) is 4.67. The van der Waals surface area contributed by atoms with E-state index in [1.54, 1.807) is 24.3 Å². The summed E-state index contributed by atoms with van der Waals surface area (Å²) in [5.41, 5.74) is 20.0. The minimum absolute atomic E-state index is 0.0132. The van der Waals surface area contributed by atoms with Gasteiger partial charge >= 0.3 is 0 Å². The lowest BCUT2D eigenvalue weighted by atomic mass is 9.67. The molecule has 4 nitrogen and oxygen atoms in total. The molecule has 0 unspecified atom stereocenters. The standard InChI is InChI=1S/C89H78F2N2O2/c1-85(2,3)59-35-27-55(28-36-59)57-31-43-67(44-32-57)92(69-47-39-61(40-48-69)87(7,8)9)75-53-73-81(83-79(75)71-23-13-15-25-77(71)94-83)82-74(89(73,63-19-17-21-65(90)51-63)64-20-18-22-66(91)52-64)54-76(80-72-24-14-16-26-78(72)95-84(80)82)93(70-49-41-62(42-50-70)88(10,11)12)68-45-33-58(34-46-68)56-29-37-60(38-30-56)86(4,5)6/h13-54H,1-12H3. The normalized spacial score (nSPS) is 13.2. The van der Waals surface area contributed by atoms with Crippen LogP contribution in [0.15, 0.2) is 264 Å². The van der Waals surface area contributed by atoms with Gasteiger partial charge in [0.25, 0.3) is 0 Å². The summed E-state index contributed by atoms with van der Waals surface area (Å²) in [5, 5.41) is 3.59. The van der Waals surface area contributed by atoms with Gasteiger partial charge in [0, 0.05) is 44.6 Å². The third-order valence-corrected chi connectivity index (χ3v) is 19.7. The Balaban J connectivity index is 1.07. The molecule has 0 amide bonds. The van der Waals surface area contributed by atoms with Crippen molar-refractivity contribution in [1.82, 2.24) is 0 Å². The molecule has 0 saturated carbocycles. The van der Waals surface area contributed by atoms with Crippen LogP contribution in [0.1, 0.15) is 128 Å². The molecule has 1 aliphatic rings. The molecule has 0 fully saturated rings. The first-order chi connectivity index (χ1) is 45.4. The summed E-state index contributed by atoms with van der Waals surface area (Å²) < 4.78 is 49.0. The second kappa shape index (κ2) is 22.4. The molecule has 2 aromatic heterocycles. The first-order valence-electron chi connectivity index (χ1n) is 33.2. The highest BCUT2D eigenvalue weighted by Gasteiger charge is 2.51. The predicted octanol–water partition coefficient (Wildman–Crippen LogP) is 25.6. The molecule has 14 aromatic rings. The zero-order valence-electron chi connectivity index (χ0n) is 56.2. The smallest absolute Gasteiger partial charge is 0.145 e. The number of nitrogens with zero attached hydrogens (tertiary/aromatic N) is 2. The van der Waals surface area contributed by atoms with Crippen molar-refractivity contribution in [2.24, 2.45) is 0 Å². The fraction of sp³-hybridized carbons (Fsp3) is 0.191. The van der Waals surface area contributed by atoms with E-state index in [4.69, 9.17) is 8.83 Å². The molecule has 470 valence electrons. The minimum Gasteiger partial charge on any atom is -0.455 e. The third kappa shape index (κ3) is 10.4. The average molecular weight is 1250 g/mol. The van der Waals surface area contributed by atoms with Crippen LogP contribution in [0, 0.1) is 11.6 Å². The fourth-order valence-electron chi connectivity index (χ4n) is 14.6. The summed E-state index contributed by atoms with van der Waals surface area (Å²) in [6.07, 6.45) is 0. The zero-order valence-corrected chi connectivity index (χ0v) is 56.2. The molecule has 95 heavy (non-hydrogen) atoms. The maximum atomic E-state index is 17.0. The number of rotatable bonds is 10. The van der Waals surface area contributed by atoms with Gasteiger partial charge in [0.1, 0.15) is 34.0 Å². The van der Waals surface area contributed by atoms with Crippen molar-refractivity contribution in [2.45, 2.75) is 110 Å². The molecular weight excluding hydrogens is 1170 g/mol. The largest absolute Gasteiger partial charge is 0.455 e. The number of halogens is 2. The van der Waals surface area contributed by atoms with E-state index in [1.165, 1.54) is 34.4 Å². The van der Waals surface area contributed by atoms with Crippen molar-refractivity contribution in [3.05, 3.63) is 311 Å². The highest BCUT2D eigenvalue weighted by Crippen LogP contribution is 2.65. The van der Waals surface area contributed by atoms with Crippen LogP contribution in [0.5, 0.6) is 0 Å². The number of benzene rings is 12. The second-order valence-electron chi connectivity index (χ2n) is 30.0. The number of hydrogen-bond donors (Lipinski definition) is 0. The van der Waals surface area contributed by atoms with Crippen LogP contribution in [-0.4, -0.2) is 0 Å². The van der Waals surface area contributed by atoms with Crippen molar-refractivity contribution in [3.8, 4) is 33.4 Å². The molecule has 0 radical (unpaired) electrons. The lowest BCUT2D eigenvalue weighted by molar-refractivity contribution is 0.590. The molecule has 6 heteroatoms. The minimum atomic E-state index is -1.44. The molecule has 15 rings (SSSR count). The van der Waals surface area contributed by atoms with Gasteiger partial charge in [-0.3, -0.25) is 0 Å². The zero-order chi connectivity index (χ0) is 66.1. The van der Waals surface area contributed by atoms with E-state index in [9.17, 15) is 0 Å². The van der Waals surface area contributed by atoms with Crippen molar-refractivity contribution in [3.63, 3.8) is 0 Å². The highest BCUT2D eigenvalue weighted by atomic mass is 19.1. The number of para-hydroxylation sites is 2. The summed E-state index contributed by atoms with van der Waals surface area (Å²) in [7, 11) is 0. The quantitative estimate of drug-likeness (QED) is 0.137. The Hall–Kier alpha value is -10.3. The van der Waals surface area contributed by atoms with Crippen molar-refractivity contribution in [2.75, 3.05) is 9.80 Å². The summed E-state index contributed by atoms with van der Waals surface area (Å²) in [6, 6.07) is 88.0. The SMILES string of the molecule is CC(C)(C)c1ccc(-c2ccc(N(c3ccc(C(C)(C)C)cc3)c3cc4c(c5oc6ccccc6c35)-c3c(cc(N(c5ccc(-c6ccc(C(C)(C)C)cc6)cc5)c5ccc(C(C)(C)C)cc5)c5c3oc3ccccc35)C4(c3cccc(F)c3)c3cccc(F)c3)cc2)cc1. The van der Waals surface area contributed by atoms with Gasteiger partial charge in [0.15, 0.2) is 0 Å². The Kier molecular flexibility index (Phi) is 14.4. The van der Waals surface area contributed by atoms with Gasteiger partial charge in [-0.2, -0.15) is 0 Å². The maximum absolute atomic E-state index is 17.0. The molecule has 0 aliphatic heterocycles. The van der Waals surface area contributed by atoms with Gasteiger partial charge < -0.3 is 18.6 Å². The number of furan rings is 2. The fourth-order valence-corrected chi connectivity index (χ4v) is 14.6. The van der Waals surface area contributed by atoms with Crippen molar-refractivity contribution < 1.29 is 17.6 Å². The third-order valence-electron chi connectivity index (χ3n) is 19.7. The summed E-state index contributed by atoms with van der Waals surface area (Å²) >= 11 is 0. The molecule has 1 aliphatic carbocycles. The average Bonchev–Trinajstić information content (AvgIpc) is 1.51. The summed E-state index contributed by atoms with van der Waals surface area (Å²) in [6.45, 7) is 26.9. The van der Waals surface area contributed by atoms with Crippen LogP contribution in [-0.2, 0) is 27.1 Å². The Morgan fingerprint density at radius 2 is 0.589 bits per heavy atom. The van der Waals surface area contributed by atoms with Crippen molar-refractivity contribution >= 4 is 78.0 Å². The maximum Gasteiger partial charge on any atom is 0.145 e. The van der Waals surface area contributed by atoms with Gasteiger partial charge in [-0.25, -0.2) is 8.78 Å². The van der Waals surface area contributed by atoms with Crippen LogP contribution in [0.3, 0.4) is 0 Å². The van der Waals surface area contributed by atoms with E-state index < -0.39 is 17.0 Å². The summed E-state index contributed by atoms with van der Waals surface area (Å²) in [5.74, 6) is -0.850. The molecule has 0 spiro atoms. The molecule has 0 bridgehead atoms. The number of fused-ring (bicyclic) bond motifs is 11. The molecule has 0 saturated heterocycles. The van der Waals surface area contributed by atoms with E-state index in [2.05, 4.69) is 275 Å². The monoisotopic (exact) mass is 1240 g/mol. The molecule has 0 atom stereocenters. The topological polar surface area (TPSA) is 32.8 Å². The van der Waals surface area contributed by atoms with E-state index in [-0.39, 0.29) is 21.7 Å². The van der Waals surface area contributed by atoms with E-state index in [0.29, 0.717) is 33.5 Å². The van der Waals surface area contributed by atoms with Crippen LogP contribution in [0.2, 0.25) is 0 Å². The van der Waals surface area contributed by atoms with Crippen LogP contribution in [0.25, 0.3) is 77.3 Å². The molecule has 0 N–H and O–H groups in total. The lowest BCUT2D eigenvalue weighted by Gasteiger charge is -2.36. The Morgan fingerprint density at radius 1 is 0.305 bits per heavy atom. The molecule has 12 aromatic carbocycles. The van der Waals surface area contributed by atoms with Crippen LogP contribution < -0.4 is 9.80 Å². The van der Waals surface area contributed by atoms with Gasteiger partial charge in [-0.15, -0.1) is 0 Å². The Bertz CT molecular complexity index is 4930. The van der Waals surface area contributed by atoms with E-state index in [0.717, 1.165) is 100 Å². The van der Waals surface area contributed by atoms with Gasteiger partial charge in [0.05, 0.1) is 27.6 Å². The van der Waals surface area contributed by atoms with E-state index >= 15 is 8.78 Å². The number of hydrogen-bond acceptors (Lipinski definition) is 4. The first-order valence-corrected chi connectivity index (χ1v) is 33.2. The van der Waals surface area contributed by atoms with Crippen LogP contribution in [0.4, 0.5) is 42.9 Å². The predicted molar refractivity (Wildman–Crippen MR) is 393 cm³/mol. The highest BCUT2D eigenvalue weighted by molar-refractivity contribution is 6.25. The first kappa shape index (κ1) is 60.9. The molecule has 2 heterocycles. The second-order valence-corrected chi connectivity index (χ2v) is 30.0. The van der Waals surface area contributed by atoms with Gasteiger partial charge in [0.2, 0.25) is 0 Å². The molecular formula is C89H78F2N2O2. The number of anilines is 6. The van der Waals surface area contributed by atoms with Crippen LogP contribution >= 0.6 is 0 Å². The van der Waals surface area contributed by atoms with Crippen molar-refractivity contribution in [1.29, 1.82) is 0 Å². The lowest BCUT2D eigenvalue weighted by Crippen LogP contribution is -2.29. The Labute approximate surface area is 556 Å². The van der Waals surface area contributed by atoms with E-state index in [1.807, 2.05) is 36.4 Å². The van der Waals surface area contributed by atoms with Gasteiger partial charge in [-0.05, 0) is 185 Å².